The predicted octanol–water partition coefficient (Wildman–Crippen LogP) is 2.20. The second-order valence-corrected chi connectivity index (χ2v) is 8.35. The highest BCUT2D eigenvalue weighted by Gasteiger charge is 2.50. The van der Waals surface area contributed by atoms with Crippen LogP contribution in [0.1, 0.15) is 39.7 Å². The van der Waals surface area contributed by atoms with Gasteiger partial charge in [0.15, 0.2) is 6.79 Å². The van der Waals surface area contributed by atoms with E-state index < -0.39 is 30.0 Å². The van der Waals surface area contributed by atoms with E-state index in [9.17, 15) is 14.7 Å². The van der Waals surface area contributed by atoms with E-state index in [1.165, 1.54) is 7.11 Å². The lowest BCUT2D eigenvalue weighted by atomic mass is 9.90. The van der Waals surface area contributed by atoms with Crippen molar-refractivity contribution < 1.29 is 29.0 Å². The standard InChI is InChI=1S/C22H34N2O6/c1-14(2)11-18-21(26)24(30-13-28-5)22(27)19(20(25)15(3)4)23(18)12-16-7-9-17(29-6)10-8-16/h7-10,14-15,18-20,25H,11-13H2,1-6H3. The summed E-state index contributed by atoms with van der Waals surface area (Å²) in [5, 5.41) is 11.7. The zero-order chi connectivity index (χ0) is 22.4. The van der Waals surface area contributed by atoms with Crippen LogP contribution in [0, 0.1) is 11.8 Å². The van der Waals surface area contributed by atoms with E-state index in [0.717, 1.165) is 16.4 Å². The summed E-state index contributed by atoms with van der Waals surface area (Å²) in [6, 6.07) is 5.94. The Morgan fingerprint density at radius 1 is 1.03 bits per heavy atom. The molecule has 1 aliphatic heterocycles. The molecule has 0 aliphatic carbocycles. The smallest absolute Gasteiger partial charge is 0.273 e. The molecule has 0 aromatic heterocycles. The van der Waals surface area contributed by atoms with Gasteiger partial charge in [-0.3, -0.25) is 14.5 Å². The SMILES string of the molecule is COCON1C(=O)C(CC(C)C)N(Cc2ccc(OC)cc2)C(C(O)C(C)C)C1=O. The monoisotopic (exact) mass is 422 g/mol. The van der Waals surface area contributed by atoms with E-state index in [1.807, 2.05) is 56.9 Å². The first kappa shape index (κ1) is 24.3. The minimum atomic E-state index is -0.966. The van der Waals surface area contributed by atoms with E-state index >= 15 is 0 Å². The second kappa shape index (κ2) is 10.9. The molecule has 1 aromatic rings. The molecule has 1 aromatic carbocycles. The highest BCUT2D eigenvalue weighted by Crippen LogP contribution is 2.30. The Kier molecular flexibility index (Phi) is 8.78. The Morgan fingerprint density at radius 3 is 2.17 bits per heavy atom. The molecule has 8 heteroatoms. The number of hydrogen-bond donors (Lipinski definition) is 1. The van der Waals surface area contributed by atoms with Gasteiger partial charge in [-0.15, -0.1) is 5.06 Å². The number of imide groups is 1. The number of carbonyl (C=O) groups excluding carboxylic acids is 2. The van der Waals surface area contributed by atoms with Crippen LogP contribution in [0.15, 0.2) is 24.3 Å². The number of rotatable bonds is 10. The van der Waals surface area contributed by atoms with Crippen molar-refractivity contribution in [1.29, 1.82) is 0 Å². The number of ether oxygens (including phenoxy) is 2. The van der Waals surface area contributed by atoms with Crippen LogP contribution in [-0.2, 0) is 25.7 Å². The molecule has 3 unspecified atom stereocenters. The summed E-state index contributed by atoms with van der Waals surface area (Å²) in [6.45, 7) is 7.84. The van der Waals surface area contributed by atoms with Gasteiger partial charge < -0.3 is 14.6 Å². The molecule has 1 N–H and O–H groups in total. The van der Waals surface area contributed by atoms with Crippen molar-refractivity contribution in [2.24, 2.45) is 11.8 Å². The van der Waals surface area contributed by atoms with Crippen LogP contribution in [0.25, 0.3) is 0 Å². The van der Waals surface area contributed by atoms with Crippen molar-refractivity contribution >= 4 is 11.8 Å². The minimum Gasteiger partial charge on any atom is -0.497 e. The number of nitrogens with zero attached hydrogens (tertiary/aromatic N) is 2. The summed E-state index contributed by atoms with van der Waals surface area (Å²) >= 11 is 0. The van der Waals surface area contributed by atoms with Gasteiger partial charge in [0.25, 0.3) is 11.8 Å². The molecular formula is C22H34N2O6. The zero-order valence-electron chi connectivity index (χ0n) is 18.7. The molecule has 30 heavy (non-hydrogen) atoms. The molecule has 0 bridgehead atoms. The van der Waals surface area contributed by atoms with Gasteiger partial charge >= 0.3 is 0 Å². The summed E-state index contributed by atoms with van der Waals surface area (Å²) in [6.07, 6.45) is -0.441. The summed E-state index contributed by atoms with van der Waals surface area (Å²) in [5.41, 5.74) is 0.914. The first-order valence-electron chi connectivity index (χ1n) is 10.3. The van der Waals surface area contributed by atoms with Crippen LogP contribution in [0.4, 0.5) is 0 Å². The average Bonchev–Trinajstić information content (AvgIpc) is 2.71. The van der Waals surface area contributed by atoms with E-state index in [1.54, 1.807) is 7.11 Å². The Hall–Kier alpha value is -2.00. The minimum absolute atomic E-state index is 0.186. The molecule has 1 heterocycles. The quantitative estimate of drug-likeness (QED) is 0.457. The third-order valence-electron chi connectivity index (χ3n) is 5.22. The maximum atomic E-state index is 13.2. The van der Waals surface area contributed by atoms with Gasteiger partial charge in [0.1, 0.15) is 11.8 Å². The molecule has 8 nitrogen and oxygen atoms in total. The molecule has 1 saturated heterocycles. The Labute approximate surface area is 178 Å². The van der Waals surface area contributed by atoms with Crippen LogP contribution < -0.4 is 4.74 Å². The normalized spacial score (nSPS) is 21.6. The number of piperazine rings is 1. The van der Waals surface area contributed by atoms with E-state index in [0.29, 0.717) is 13.0 Å². The largest absolute Gasteiger partial charge is 0.497 e. The van der Waals surface area contributed by atoms with Gasteiger partial charge in [-0.25, -0.2) is 4.84 Å². The van der Waals surface area contributed by atoms with E-state index in [2.05, 4.69) is 0 Å². The van der Waals surface area contributed by atoms with Crippen molar-refractivity contribution in [3.63, 3.8) is 0 Å². The molecule has 0 spiro atoms. The van der Waals surface area contributed by atoms with Gasteiger partial charge in [0.05, 0.1) is 19.3 Å². The maximum Gasteiger partial charge on any atom is 0.273 e. The number of aliphatic hydroxyl groups excluding tert-OH is 1. The number of aliphatic hydroxyl groups is 1. The van der Waals surface area contributed by atoms with Crippen LogP contribution in [-0.4, -0.2) is 66.1 Å². The van der Waals surface area contributed by atoms with Gasteiger partial charge in [0, 0.05) is 13.7 Å². The van der Waals surface area contributed by atoms with Crippen LogP contribution >= 0.6 is 0 Å². The van der Waals surface area contributed by atoms with Gasteiger partial charge in [0.2, 0.25) is 0 Å². The maximum absolute atomic E-state index is 13.2. The van der Waals surface area contributed by atoms with Crippen LogP contribution in [0.3, 0.4) is 0 Å². The van der Waals surface area contributed by atoms with Crippen molar-refractivity contribution in [1.82, 2.24) is 9.96 Å². The Morgan fingerprint density at radius 2 is 1.67 bits per heavy atom. The average molecular weight is 423 g/mol. The van der Waals surface area contributed by atoms with Crippen LogP contribution in [0.5, 0.6) is 5.75 Å². The molecule has 1 aliphatic rings. The summed E-state index contributed by atoms with van der Waals surface area (Å²) in [4.78, 5) is 33.5. The fourth-order valence-corrected chi connectivity index (χ4v) is 3.61. The van der Waals surface area contributed by atoms with Crippen LogP contribution in [0.2, 0.25) is 0 Å². The lowest BCUT2D eigenvalue weighted by Crippen LogP contribution is -2.68. The van der Waals surface area contributed by atoms with Crippen molar-refractivity contribution in [3.05, 3.63) is 29.8 Å². The zero-order valence-corrected chi connectivity index (χ0v) is 18.7. The fraction of sp³-hybridized carbons (Fsp3) is 0.636. The molecule has 2 rings (SSSR count). The molecule has 0 radical (unpaired) electrons. The number of carbonyl (C=O) groups is 2. The number of hydrogen-bond acceptors (Lipinski definition) is 7. The third-order valence-corrected chi connectivity index (χ3v) is 5.22. The van der Waals surface area contributed by atoms with Crippen molar-refractivity contribution in [2.45, 2.75) is 58.8 Å². The third kappa shape index (κ3) is 5.57. The fourth-order valence-electron chi connectivity index (χ4n) is 3.61. The van der Waals surface area contributed by atoms with Gasteiger partial charge in [-0.2, -0.15) is 0 Å². The number of amides is 2. The topological polar surface area (TPSA) is 88.5 Å². The number of benzene rings is 1. The molecule has 0 saturated carbocycles. The number of hydroxylamine groups is 2. The molecule has 1 fully saturated rings. The predicted molar refractivity (Wildman–Crippen MR) is 111 cm³/mol. The first-order valence-corrected chi connectivity index (χ1v) is 10.3. The van der Waals surface area contributed by atoms with Gasteiger partial charge in [-0.05, 0) is 36.0 Å². The summed E-state index contributed by atoms with van der Waals surface area (Å²) in [5.74, 6) is -0.277. The van der Waals surface area contributed by atoms with Crippen molar-refractivity contribution in [2.75, 3.05) is 21.0 Å². The highest BCUT2D eigenvalue weighted by molar-refractivity contribution is 6.01. The Balaban J connectivity index is 2.45. The lowest BCUT2D eigenvalue weighted by molar-refractivity contribution is -0.238. The summed E-state index contributed by atoms with van der Waals surface area (Å²) in [7, 11) is 3.01. The molecule has 168 valence electrons. The highest BCUT2D eigenvalue weighted by atomic mass is 16.8. The second-order valence-electron chi connectivity index (χ2n) is 8.35. The molecular weight excluding hydrogens is 388 g/mol. The van der Waals surface area contributed by atoms with E-state index in [-0.39, 0.29) is 18.6 Å². The van der Waals surface area contributed by atoms with E-state index in [4.69, 9.17) is 14.3 Å². The van der Waals surface area contributed by atoms with Crippen molar-refractivity contribution in [3.8, 4) is 5.75 Å². The van der Waals surface area contributed by atoms with Gasteiger partial charge in [-0.1, -0.05) is 39.8 Å². The first-order chi connectivity index (χ1) is 14.2. The molecule has 3 atom stereocenters. The summed E-state index contributed by atoms with van der Waals surface area (Å²) < 4.78 is 10.1. The molecule has 2 amide bonds. The lowest BCUT2D eigenvalue weighted by Gasteiger charge is -2.46. The Bertz CT molecular complexity index is 706. The number of methoxy groups -OCH3 is 2.